The second-order valence-corrected chi connectivity index (χ2v) is 5.13. The maximum absolute atomic E-state index is 5.58. The van der Waals surface area contributed by atoms with Crippen LogP contribution in [-0.4, -0.2) is 16.7 Å². The number of anilines is 2. The van der Waals surface area contributed by atoms with Gasteiger partial charge in [0.1, 0.15) is 0 Å². The summed E-state index contributed by atoms with van der Waals surface area (Å²) in [6, 6.07) is 8.73. The predicted octanol–water partition coefficient (Wildman–Crippen LogP) is 3.61. The van der Waals surface area contributed by atoms with Crippen LogP contribution in [0.2, 0.25) is 0 Å². The highest BCUT2D eigenvalue weighted by atomic mass is 16.4. The van der Waals surface area contributed by atoms with E-state index < -0.39 is 0 Å². The van der Waals surface area contributed by atoms with Crippen LogP contribution in [0.15, 0.2) is 28.7 Å². The van der Waals surface area contributed by atoms with E-state index in [2.05, 4.69) is 46.8 Å². The van der Waals surface area contributed by atoms with Crippen molar-refractivity contribution in [3.8, 4) is 0 Å². The first-order chi connectivity index (χ1) is 9.60. The molecule has 2 N–H and O–H groups in total. The van der Waals surface area contributed by atoms with E-state index in [1.807, 2.05) is 26.0 Å². The molecule has 1 unspecified atom stereocenters. The van der Waals surface area contributed by atoms with Crippen molar-refractivity contribution in [2.75, 3.05) is 11.9 Å². The zero-order valence-corrected chi connectivity index (χ0v) is 12.5. The number of rotatable bonds is 6. The molecule has 1 atom stereocenters. The maximum Gasteiger partial charge on any atom is 0.320 e. The Morgan fingerprint density at radius 3 is 2.40 bits per heavy atom. The molecule has 5 heteroatoms. The second kappa shape index (κ2) is 6.52. The third-order valence-electron chi connectivity index (χ3n) is 3.15. The van der Waals surface area contributed by atoms with E-state index in [0.29, 0.717) is 17.8 Å². The lowest BCUT2D eigenvalue weighted by atomic mass is 10.0. The minimum Gasteiger partial charge on any atom is -0.406 e. The van der Waals surface area contributed by atoms with Crippen molar-refractivity contribution < 1.29 is 4.42 Å². The van der Waals surface area contributed by atoms with Gasteiger partial charge in [-0.1, -0.05) is 38.0 Å². The first kappa shape index (κ1) is 14.5. The summed E-state index contributed by atoms with van der Waals surface area (Å²) in [6.07, 6.45) is 0. The smallest absolute Gasteiger partial charge is 0.320 e. The average molecular weight is 274 g/mol. The molecule has 0 aliphatic carbocycles. The van der Waals surface area contributed by atoms with Gasteiger partial charge in [-0.3, -0.25) is 0 Å². The molecule has 2 aromatic rings. The fraction of sp³-hybridized carbons (Fsp3) is 0.467. The SMILES string of the molecule is CCNC(C)c1nnc(Nc2ccc(C(C)C)cc2)o1. The van der Waals surface area contributed by atoms with E-state index in [4.69, 9.17) is 4.42 Å². The molecule has 1 heterocycles. The van der Waals surface area contributed by atoms with Crippen molar-refractivity contribution in [2.24, 2.45) is 0 Å². The second-order valence-electron chi connectivity index (χ2n) is 5.13. The molecule has 0 aliphatic heterocycles. The fourth-order valence-electron chi connectivity index (χ4n) is 1.93. The number of hydrogen-bond acceptors (Lipinski definition) is 5. The number of nitrogens with one attached hydrogen (secondary N) is 2. The molecule has 0 amide bonds. The topological polar surface area (TPSA) is 63.0 Å². The van der Waals surface area contributed by atoms with Crippen LogP contribution in [0, 0.1) is 0 Å². The molecule has 0 radical (unpaired) electrons. The quantitative estimate of drug-likeness (QED) is 0.842. The lowest BCUT2D eigenvalue weighted by Gasteiger charge is -2.07. The number of benzene rings is 1. The van der Waals surface area contributed by atoms with Crippen molar-refractivity contribution in [2.45, 2.75) is 39.7 Å². The summed E-state index contributed by atoms with van der Waals surface area (Å²) in [5, 5.41) is 14.4. The molecule has 0 saturated heterocycles. The minimum absolute atomic E-state index is 0.0615. The van der Waals surface area contributed by atoms with Gasteiger partial charge in [-0.2, -0.15) is 0 Å². The third-order valence-corrected chi connectivity index (χ3v) is 3.15. The highest BCUT2D eigenvalue weighted by Gasteiger charge is 2.12. The van der Waals surface area contributed by atoms with Gasteiger partial charge in [0, 0.05) is 5.69 Å². The van der Waals surface area contributed by atoms with Crippen LogP contribution >= 0.6 is 0 Å². The third kappa shape index (κ3) is 3.57. The fourth-order valence-corrected chi connectivity index (χ4v) is 1.93. The van der Waals surface area contributed by atoms with Gasteiger partial charge in [-0.05, 0) is 37.1 Å². The van der Waals surface area contributed by atoms with Gasteiger partial charge >= 0.3 is 6.01 Å². The zero-order valence-electron chi connectivity index (χ0n) is 12.5. The molecule has 1 aromatic carbocycles. The number of nitrogens with zero attached hydrogens (tertiary/aromatic N) is 2. The molecule has 0 spiro atoms. The normalized spacial score (nSPS) is 12.7. The van der Waals surface area contributed by atoms with Crippen LogP contribution in [0.4, 0.5) is 11.7 Å². The van der Waals surface area contributed by atoms with Gasteiger partial charge in [0.05, 0.1) is 6.04 Å². The van der Waals surface area contributed by atoms with Gasteiger partial charge in [0.25, 0.3) is 0 Å². The first-order valence-electron chi connectivity index (χ1n) is 7.04. The Balaban J connectivity index is 2.03. The van der Waals surface area contributed by atoms with Crippen LogP contribution in [0.1, 0.15) is 51.1 Å². The van der Waals surface area contributed by atoms with Crippen LogP contribution in [0.3, 0.4) is 0 Å². The Morgan fingerprint density at radius 2 is 1.80 bits per heavy atom. The molecule has 5 nitrogen and oxygen atoms in total. The molecule has 1 aromatic heterocycles. The molecule has 0 fully saturated rings. The van der Waals surface area contributed by atoms with Crippen molar-refractivity contribution in [1.82, 2.24) is 15.5 Å². The summed E-state index contributed by atoms with van der Waals surface area (Å²) < 4.78 is 5.58. The minimum atomic E-state index is 0.0615. The van der Waals surface area contributed by atoms with Crippen LogP contribution < -0.4 is 10.6 Å². The largest absolute Gasteiger partial charge is 0.406 e. The van der Waals surface area contributed by atoms with Crippen LogP contribution in [-0.2, 0) is 0 Å². The van der Waals surface area contributed by atoms with Crippen molar-refractivity contribution in [3.05, 3.63) is 35.7 Å². The highest BCUT2D eigenvalue weighted by molar-refractivity contribution is 5.52. The molecule has 0 saturated carbocycles. The van der Waals surface area contributed by atoms with Crippen LogP contribution in [0.25, 0.3) is 0 Å². The zero-order chi connectivity index (χ0) is 14.5. The highest BCUT2D eigenvalue weighted by Crippen LogP contribution is 2.21. The van der Waals surface area contributed by atoms with E-state index in [1.54, 1.807) is 0 Å². The van der Waals surface area contributed by atoms with E-state index in [1.165, 1.54) is 5.56 Å². The number of aromatic nitrogens is 2. The van der Waals surface area contributed by atoms with Gasteiger partial charge in [-0.15, -0.1) is 5.10 Å². The summed E-state index contributed by atoms with van der Waals surface area (Å²) in [5.74, 6) is 1.12. The molecule has 108 valence electrons. The lowest BCUT2D eigenvalue weighted by Crippen LogP contribution is -2.17. The average Bonchev–Trinajstić information content (AvgIpc) is 2.88. The van der Waals surface area contributed by atoms with E-state index in [0.717, 1.165) is 12.2 Å². The monoisotopic (exact) mass is 274 g/mol. The summed E-state index contributed by atoms with van der Waals surface area (Å²) in [7, 11) is 0. The molecular weight excluding hydrogens is 252 g/mol. The number of hydrogen-bond donors (Lipinski definition) is 2. The van der Waals surface area contributed by atoms with Gasteiger partial charge in [0.2, 0.25) is 5.89 Å². The first-order valence-corrected chi connectivity index (χ1v) is 7.04. The molecule has 2 rings (SSSR count). The van der Waals surface area contributed by atoms with Gasteiger partial charge < -0.3 is 15.1 Å². The Labute approximate surface area is 119 Å². The van der Waals surface area contributed by atoms with Gasteiger partial charge in [-0.25, -0.2) is 0 Å². The Kier molecular flexibility index (Phi) is 4.74. The van der Waals surface area contributed by atoms with E-state index in [9.17, 15) is 0 Å². The molecule has 0 aliphatic rings. The van der Waals surface area contributed by atoms with Crippen molar-refractivity contribution >= 4 is 11.7 Å². The van der Waals surface area contributed by atoms with Gasteiger partial charge in [0.15, 0.2) is 0 Å². The summed E-state index contributed by atoms with van der Waals surface area (Å²) in [6.45, 7) is 9.26. The summed E-state index contributed by atoms with van der Waals surface area (Å²) in [4.78, 5) is 0. The van der Waals surface area contributed by atoms with Crippen molar-refractivity contribution in [3.63, 3.8) is 0 Å². The lowest BCUT2D eigenvalue weighted by molar-refractivity contribution is 0.430. The summed E-state index contributed by atoms with van der Waals surface area (Å²) in [5.41, 5.74) is 2.25. The van der Waals surface area contributed by atoms with Crippen molar-refractivity contribution in [1.29, 1.82) is 0 Å². The molecular formula is C15H22N4O. The molecule has 20 heavy (non-hydrogen) atoms. The standard InChI is InChI=1S/C15H22N4O/c1-5-16-11(4)14-18-19-15(20-14)17-13-8-6-12(7-9-13)10(2)3/h6-11,16H,5H2,1-4H3,(H,17,19). The Hall–Kier alpha value is -1.88. The maximum atomic E-state index is 5.58. The van der Waals surface area contributed by atoms with Crippen LogP contribution in [0.5, 0.6) is 0 Å². The summed E-state index contributed by atoms with van der Waals surface area (Å²) >= 11 is 0. The Bertz CT molecular complexity index is 533. The van der Waals surface area contributed by atoms with E-state index in [-0.39, 0.29) is 6.04 Å². The Morgan fingerprint density at radius 1 is 1.10 bits per heavy atom. The van der Waals surface area contributed by atoms with E-state index >= 15 is 0 Å². The predicted molar refractivity (Wildman–Crippen MR) is 80.2 cm³/mol. The molecule has 0 bridgehead atoms.